The molecule has 0 atom stereocenters. The Morgan fingerprint density at radius 1 is 1.45 bits per heavy atom. The maximum atomic E-state index is 11.7. The number of hydrogen-bond acceptors (Lipinski definition) is 3. The zero-order chi connectivity index (χ0) is 14.3. The Bertz CT molecular complexity index is 726. The van der Waals surface area contributed by atoms with Gasteiger partial charge in [-0.1, -0.05) is 6.07 Å². The standard InChI is InChI=1S/C15H16N2O2S/c1-9-3-4-11(14(18)19-2)7-13(9)17-8-12(10-5-6-10)16-15(17)20/h3-4,7-8,10H,5-6H2,1-2H3,(H,16,20). The summed E-state index contributed by atoms with van der Waals surface area (Å²) in [6, 6.07) is 5.50. The molecule has 0 radical (unpaired) electrons. The van der Waals surface area contributed by atoms with Crippen molar-refractivity contribution in [3.8, 4) is 5.69 Å². The fourth-order valence-electron chi connectivity index (χ4n) is 2.31. The lowest BCUT2D eigenvalue weighted by atomic mass is 10.1. The van der Waals surface area contributed by atoms with Gasteiger partial charge in [-0.15, -0.1) is 0 Å². The maximum absolute atomic E-state index is 11.7. The summed E-state index contributed by atoms with van der Waals surface area (Å²) in [5.41, 5.74) is 3.69. The van der Waals surface area contributed by atoms with E-state index in [1.165, 1.54) is 25.6 Å². The number of H-pyrrole nitrogens is 1. The molecule has 0 amide bonds. The zero-order valence-corrected chi connectivity index (χ0v) is 12.3. The molecular formula is C15H16N2O2S. The second-order valence-electron chi connectivity index (χ2n) is 5.15. The van der Waals surface area contributed by atoms with Crippen molar-refractivity contribution < 1.29 is 9.53 Å². The number of esters is 1. The summed E-state index contributed by atoms with van der Waals surface area (Å²) in [7, 11) is 1.38. The lowest BCUT2D eigenvalue weighted by Gasteiger charge is -2.08. The minimum absolute atomic E-state index is 0.337. The van der Waals surface area contributed by atoms with Crippen LogP contribution in [-0.4, -0.2) is 22.6 Å². The van der Waals surface area contributed by atoms with Gasteiger partial charge >= 0.3 is 5.97 Å². The van der Waals surface area contributed by atoms with E-state index in [9.17, 15) is 4.79 Å². The first kappa shape index (κ1) is 13.1. The van der Waals surface area contributed by atoms with E-state index in [-0.39, 0.29) is 5.97 Å². The summed E-state index contributed by atoms with van der Waals surface area (Å²) in [5.74, 6) is 0.276. The van der Waals surface area contributed by atoms with E-state index < -0.39 is 0 Å². The summed E-state index contributed by atoms with van der Waals surface area (Å²) >= 11 is 5.39. The van der Waals surface area contributed by atoms with Crippen LogP contribution in [0.3, 0.4) is 0 Å². The van der Waals surface area contributed by atoms with Crippen LogP contribution >= 0.6 is 12.2 Å². The summed E-state index contributed by atoms with van der Waals surface area (Å²) in [5, 5.41) is 0. The van der Waals surface area contributed by atoms with Crippen molar-refractivity contribution in [2.75, 3.05) is 7.11 Å². The van der Waals surface area contributed by atoms with E-state index in [2.05, 4.69) is 4.98 Å². The van der Waals surface area contributed by atoms with Crippen molar-refractivity contribution in [2.24, 2.45) is 0 Å². The van der Waals surface area contributed by atoms with Crippen LogP contribution in [0.2, 0.25) is 0 Å². The summed E-state index contributed by atoms with van der Waals surface area (Å²) < 4.78 is 7.37. The van der Waals surface area contributed by atoms with Gasteiger partial charge in [0.15, 0.2) is 4.77 Å². The second kappa shape index (κ2) is 4.90. The highest BCUT2D eigenvalue weighted by Gasteiger charge is 2.25. The Balaban J connectivity index is 2.08. The number of benzene rings is 1. The van der Waals surface area contributed by atoms with E-state index in [0.717, 1.165) is 11.3 Å². The summed E-state index contributed by atoms with van der Waals surface area (Å²) in [6.45, 7) is 2.00. The fourth-order valence-corrected chi connectivity index (χ4v) is 2.58. The molecule has 5 heteroatoms. The first-order valence-electron chi connectivity index (χ1n) is 6.61. The minimum atomic E-state index is -0.337. The van der Waals surface area contributed by atoms with Gasteiger partial charge in [0.05, 0.1) is 18.4 Å². The molecule has 1 saturated carbocycles. The first-order chi connectivity index (χ1) is 9.60. The number of carbonyl (C=O) groups is 1. The third kappa shape index (κ3) is 2.29. The lowest BCUT2D eigenvalue weighted by Crippen LogP contribution is -2.04. The van der Waals surface area contributed by atoms with Crippen LogP contribution in [0.1, 0.15) is 40.4 Å². The van der Waals surface area contributed by atoms with E-state index in [0.29, 0.717) is 16.3 Å². The monoisotopic (exact) mass is 288 g/mol. The average molecular weight is 288 g/mol. The number of aromatic nitrogens is 2. The van der Waals surface area contributed by atoms with E-state index in [1.807, 2.05) is 29.8 Å². The van der Waals surface area contributed by atoms with Crippen molar-refractivity contribution in [3.63, 3.8) is 0 Å². The third-order valence-electron chi connectivity index (χ3n) is 3.65. The molecular weight excluding hydrogens is 272 g/mol. The minimum Gasteiger partial charge on any atom is -0.465 e. The van der Waals surface area contributed by atoms with Crippen LogP contribution in [0, 0.1) is 11.7 Å². The van der Waals surface area contributed by atoms with Gasteiger partial charge in [0, 0.05) is 17.8 Å². The zero-order valence-electron chi connectivity index (χ0n) is 11.5. The van der Waals surface area contributed by atoms with Crippen LogP contribution in [-0.2, 0) is 4.74 Å². The van der Waals surface area contributed by atoms with Crippen LogP contribution in [0.5, 0.6) is 0 Å². The first-order valence-corrected chi connectivity index (χ1v) is 7.02. The van der Waals surface area contributed by atoms with Crippen molar-refractivity contribution in [1.82, 2.24) is 9.55 Å². The smallest absolute Gasteiger partial charge is 0.337 e. The van der Waals surface area contributed by atoms with Gasteiger partial charge in [0.25, 0.3) is 0 Å². The Kier molecular flexibility index (Phi) is 3.22. The number of nitrogens with one attached hydrogen (secondary N) is 1. The third-order valence-corrected chi connectivity index (χ3v) is 3.94. The van der Waals surface area contributed by atoms with Crippen molar-refractivity contribution in [3.05, 3.63) is 46.0 Å². The highest BCUT2D eigenvalue weighted by Crippen LogP contribution is 2.39. The highest BCUT2D eigenvalue weighted by atomic mass is 32.1. The van der Waals surface area contributed by atoms with E-state index in [4.69, 9.17) is 17.0 Å². The normalized spacial score (nSPS) is 14.3. The molecule has 3 rings (SSSR count). The molecule has 2 aromatic rings. The Morgan fingerprint density at radius 2 is 2.20 bits per heavy atom. The van der Waals surface area contributed by atoms with Gasteiger partial charge in [-0.2, -0.15) is 0 Å². The maximum Gasteiger partial charge on any atom is 0.337 e. The summed E-state index contributed by atoms with van der Waals surface area (Å²) in [6.07, 6.45) is 4.48. The molecule has 0 saturated heterocycles. The van der Waals surface area contributed by atoms with Gasteiger partial charge in [0.2, 0.25) is 0 Å². The number of aromatic amines is 1. The molecule has 1 fully saturated rings. The number of aryl methyl sites for hydroxylation is 1. The molecule has 1 heterocycles. The van der Waals surface area contributed by atoms with Gasteiger partial charge < -0.3 is 9.72 Å². The largest absolute Gasteiger partial charge is 0.465 e. The van der Waals surface area contributed by atoms with Crippen molar-refractivity contribution in [1.29, 1.82) is 0 Å². The fraction of sp³-hybridized carbons (Fsp3) is 0.333. The van der Waals surface area contributed by atoms with Gasteiger partial charge in [0.1, 0.15) is 0 Å². The molecule has 4 nitrogen and oxygen atoms in total. The number of hydrogen-bond donors (Lipinski definition) is 1. The van der Waals surface area contributed by atoms with Crippen LogP contribution in [0.4, 0.5) is 0 Å². The lowest BCUT2D eigenvalue weighted by molar-refractivity contribution is 0.0600. The number of methoxy groups -OCH3 is 1. The number of imidazole rings is 1. The van der Waals surface area contributed by atoms with Crippen LogP contribution in [0.25, 0.3) is 5.69 Å². The van der Waals surface area contributed by atoms with E-state index >= 15 is 0 Å². The molecule has 1 N–H and O–H groups in total. The van der Waals surface area contributed by atoms with Crippen molar-refractivity contribution >= 4 is 18.2 Å². The molecule has 104 valence electrons. The molecule has 1 aliphatic rings. The molecule has 1 aromatic heterocycles. The molecule has 1 aromatic carbocycles. The van der Waals surface area contributed by atoms with Gasteiger partial charge in [-0.25, -0.2) is 4.79 Å². The number of nitrogens with zero attached hydrogens (tertiary/aromatic N) is 1. The number of rotatable bonds is 3. The van der Waals surface area contributed by atoms with E-state index in [1.54, 1.807) is 6.07 Å². The van der Waals surface area contributed by atoms with Crippen LogP contribution in [0.15, 0.2) is 24.4 Å². The number of carbonyl (C=O) groups excluding carboxylic acids is 1. The molecule has 0 unspecified atom stereocenters. The average Bonchev–Trinajstić information content (AvgIpc) is 3.22. The highest BCUT2D eigenvalue weighted by molar-refractivity contribution is 7.71. The quantitative estimate of drug-likeness (QED) is 0.694. The molecule has 20 heavy (non-hydrogen) atoms. The predicted molar refractivity (Wildman–Crippen MR) is 79.0 cm³/mol. The Morgan fingerprint density at radius 3 is 2.85 bits per heavy atom. The molecule has 0 spiro atoms. The predicted octanol–water partition coefficient (Wildman–Crippen LogP) is 3.51. The number of ether oxygens (including phenoxy) is 1. The van der Waals surface area contributed by atoms with Gasteiger partial charge in [-0.05, 0) is 49.7 Å². The van der Waals surface area contributed by atoms with Crippen molar-refractivity contribution in [2.45, 2.75) is 25.7 Å². The molecule has 0 aliphatic heterocycles. The second-order valence-corrected chi connectivity index (χ2v) is 5.54. The Labute approximate surface area is 122 Å². The molecule has 0 bridgehead atoms. The SMILES string of the molecule is COC(=O)c1ccc(C)c(-n2cc(C3CC3)[nH]c2=S)c1. The van der Waals surface area contributed by atoms with Gasteiger partial charge in [-0.3, -0.25) is 4.57 Å². The van der Waals surface area contributed by atoms with Crippen LogP contribution < -0.4 is 0 Å². The molecule has 1 aliphatic carbocycles. The Hall–Kier alpha value is -1.88. The summed E-state index contributed by atoms with van der Waals surface area (Å²) in [4.78, 5) is 14.9. The topological polar surface area (TPSA) is 47.0 Å².